The Bertz CT molecular complexity index is 1360. The van der Waals surface area contributed by atoms with Crippen LogP contribution in [0.4, 0.5) is 15.3 Å². The van der Waals surface area contributed by atoms with Crippen LogP contribution in [-0.4, -0.2) is 46.4 Å². The Hall–Kier alpha value is -4.33. The molecule has 1 aromatic heterocycles. The van der Waals surface area contributed by atoms with Gasteiger partial charge in [0.25, 0.3) is 0 Å². The molecule has 8 nitrogen and oxygen atoms in total. The first-order valence-electron chi connectivity index (χ1n) is 15.4. The van der Waals surface area contributed by atoms with Crippen molar-refractivity contribution in [3.63, 3.8) is 0 Å². The van der Waals surface area contributed by atoms with Crippen molar-refractivity contribution in [2.45, 2.75) is 85.0 Å². The summed E-state index contributed by atoms with van der Waals surface area (Å²) >= 11 is 0. The molecular weight excluding hydrogens is 554 g/mol. The number of hydrogen-bond acceptors (Lipinski definition) is 6. The van der Waals surface area contributed by atoms with Crippen molar-refractivity contribution >= 4 is 17.9 Å². The van der Waals surface area contributed by atoms with Crippen LogP contribution in [-0.2, 0) is 22.5 Å². The van der Waals surface area contributed by atoms with Gasteiger partial charge in [0.2, 0.25) is 5.88 Å². The summed E-state index contributed by atoms with van der Waals surface area (Å²) in [7, 11) is 0. The molecule has 0 saturated carbocycles. The number of allylic oxidation sites excluding steroid dienone is 1. The van der Waals surface area contributed by atoms with E-state index in [4.69, 9.17) is 14.2 Å². The van der Waals surface area contributed by atoms with Crippen molar-refractivity contribution in [2.24, 2.45) is 0 Å². The van der Waals surface area contributed by atoms with E-state index in [0.717, 1.165) is 47.9 Å². The number of ether oxygens (including phenoxy) is 3. The predicted octanol–water partition coefficient (Wildman–Crippen LogP) is 8.81. The molecule has 2 amide bonds. The standard InChI is InChI=1S/C31H35N3O5.C3H6.C2H6/c1-30(2,3)39-29(36)34-17-15-31(16-18-34)14-13-24-19-25(20-32-27(24)38-31)23-9-11-26(12-10-23)33-28(35)37-21-22-7-5-4-6-8-22;1-3-2;1-2/h4-12,19-20H,13-18,21H2,1-3H3,(H,33,35);3H,1H2,2H3;1-2H3. The lowest BCUT2D eigenvalue weighted by Crippen LogP contribution is -2.52. The van der Waals surface area contributed by atoms with Crippen LogP contribution < -0.4 is 10.1 Å². The van der Waals surface area contributed by atoms with Crippen LogP contribution in [0.25, 0.3) is 11.1 Å². The molecule has 0 bridgehead atoms. The SMILES string of the molecule is C=CC.CC.CC(C)(C)OC(=O)N1CCC2(CCc3cc(-c4ccc(NC(=O)OCc5ccccc5)cc4)cnc3O2)CC1. The van der Waals surface area contributed by atoms with Crippen LogP contribution in [0.5, 0.6) is 5.88 Å². The molecule has 0 unspecified atom stereocenters. The number of carbonyl (C=O) groups excluding carboxylic acids is 2. The molecule has 236 valence electrons. The highest BCUT2D eigenvalue weighted by Crippen LogP contribution is 2.39. The monoisotopic (exact) mass is 601 g/mol. The second-order valence-electron chi connectivity index (χ2n) is 11.6. The number of carbonyl (C=O) groups is 2. The largest absolute Gasteiger partial charge is 0.471 e. The van der Waals surface area contributed by atoms with Crippen LogP contribution in [0.2, 0.25) is 0 Å². The van der Waals surface area contributed by atoms with Crippen molar-refractivity contribution in [1.82, 2.24) is 9.88 Å². The summed E-state index contributed by atoms with van der Waals surface area (Å²) in [4.78, 5) is 31.0. The van der Waals surface area contributed by atoms with E-state index in [1.807, 2.05) is 102 Å². The van der Waals surface area contributed by atoms with E-state index in [0.29, 0.717) is 24.7 Å². The third-order valence-corrected chi connectivity index (χ3v) is 7.09. The average molecular weight is 602 g/mol. The second kappa shape index (κ2) is 15.9. The van der Waals surface area contributed by atoms with E-state index in [2.05, 4.69) is 22.9 Å². The minimum Gasteiger partial charge on any atom is -0.471 e. The lowest BCUT2D eigenvalue weighted by Gasteiger charge is -2.44. The summed E-state index contributed by atoms with van der Waals surface area (Å²) in [5.41, 5.74) is 3.88. The molecule has 1 spiro atoms. The Morgan fingerprint density at radius 3 is 2.27 bits per heavy atom. The van der Waals surface area contributed by atoms with Gasteiger partial charge in [-0.05, 0) is 69.9 Å². The summed E-state index contributed by atoms with van der Waals surface area (Å²) in [5.74, 6) is 0.676. The molecule has 2 aliphatic heterocycles. The van der Waals surface area contributed by atoms with Gasteiger partial charge in [0, 0.05) is 48.9 Å². The van der Waals surface area contributed by atoms with Gasteiger partial charge in [0.15, 0.2) is 0 Å². The predicted molar refractivity (Wildman–Crippen MR) is 176 cm³/mol. The third-order valence-electron chi connectivity index (χ3n) is 7.09. The number of rotatable bonds is 4. The fraction of sp³-hybridized carbons (Fsp3) is 0.417. The molecule has 3 heterocycles. The van der Waals surface area contributed by atoms with Crippen LogP contribution in [0.15, 0.2) is 79.5 Å². The molecule has 3 aromatic rings. The van der Waals surface area contributed by atoms with Gasteiger partial charge in [0.1, 0.15) is 17.8 Å². The number of pyridine rings is 1. The number of aryl methyl sites for hydroxylation is 1. The molecule has 0 radical (unpaired) electrons. The normalized spacial score (nSPS) is 14.7. The van der Waals surface area contributed by atoms with Crippen molar-refractivity contribution < 1.29 is 23.8 Å². The quantitative estimate of drug-likeness (QED) is 0.301. The molecule has 5 rings (SSSR count). The molecule has 1 N–H and O–H groups in total. The number of nitrogens with zero attached hydrogens (tertiary/aromatic N) is 2. The third kappa shape index (κ3) is 9.86. The van der Waals surface area contributed by atoms with Gasteiger partial charge < -0.3 is 19.1 Å². The zero-order valence-corrected chi connectivity index (χ0v) is 27.0. The molecule has 8 heteroatoms. The number of nitrogens with one attached hydrogen (secondary N) is 1. The van der Waals surface area contributed by atoms with E-state index in [-0.39, 0.29) is 18.3 Å². The zero-order valence-electron chi connectivity index (χ0n) is 27.0. The number of likely N-dealkylation sites (tertiary alicyclic amines) is 1. The molecule has 44 heavy (non-hydrogen) atoms. The summed E-state index contributed by atoms with van der Waals surface area (Å²) in [5, 5.41) is 2.77. The van der Waals surface area contributed by atoms with Gasteiger partial charge in [-0.1, -0.05) is 62.4 Å². The zero-order chi connectivity index (χ0) is 32.2. The number of amides is 2. The molecule has 0 atom stereocenters. The lowest BCUT2D eigenvalue weighted by molar-refractivity contribution is -0.0296. The van der Waals surface area contributed by atoms with Crippen LogP contribution in [0.3, 0.4) is 0 Å². The summed E-state index contributed by atoms with van der Waals surface area (Å²) in [6.45, 7) is 16.3. The van der Waals surface area contributed by atoms with Crippen molar-refractivity contribution in [3.8, 4) is 17.0 Å². The highest BCUT2D eigenvalue weighted by molar-refractivity contribution is 5.85. The van der Waals surface area contributed by atoms with Crippen LogP contribution in [0, 0.1) is 0 Å². The highest BCUT2D eigenvalue weighted by atomic mass is 16.6. The summed E-state index contributed by atoms with van der Waals surface area (Å²) in [6.07, 6.45) is 6.10. The molecule has 2 aromatic carbocycles. The van der Waals surface area contributed by atoms with Gasteiger partial charge in [-0.3, -0.25) is 5.32 Å². The summed E-state index contributed by atoms with van der Waals surface area (Å²) in [6, 6.07) is 19.3. The first-order chi connectivity index (χ1) is 21.1. The van der Waals surface area contributed by atoms with Gasteiger partial charge in [-0.25, -0.2) is 14.6 Å². The van der Waals surface area contributed by atoms with E-state index in [9.17, 15) is 9.59 Å². The number of fused-ring (bicyclic) bond motifs is 1. The van der Waals surface area contributed by atoms with Crippen LogP contribution in [0.1, 0.15) is 71.9 Å². The van der Waals surface area contributed by atoms with Gasteiger partial charge in [-0.2, -0.15) is 0 Å². The van der Waals surface area contributed by atoms with Crippen LogP contribution >= 0.6 is 0 Å². The van der Waals surface area contributed by atoms with Gasteiger partial charge in [-0.15, -0.1) is 6.58 Å². The van der Waals surface area contributed by atoms with E-state index >= 15 is 0 Å². The Balaban J connectivity index is 0.000000997. The van der Waals surface area contributed by atoms with E-state index in [1.165, 1.54) is 0 Å². The molecule has 1 saturated heterocycles. The van der Waals surface area contributed by atoms with E-state index < -0.39 is 11.7 Å². The topological polar surface area (TPSA) is 90.0 Å². The first-order valence-corrected chi connectivity index (χ1v) is 15.4. The number of benzene rings is 2. The molecular formula is C36H47N3O5. The second-order valence-corrected chi connectivity index (χ2v) is 11.6. The average Bonchev–Trinajstić information content (AvgIpc) is 3.02. The first kappa shape index (κ1) is 34.2. The van der Waals surface area contributed by atoms with E-state index in [1.54, 1.807) is 11.0 Å². The number of anilines is 1. The molecule has 1 fully saturated rings. The molecule has 0 aliphatic carbocycles. The Morgan fingerprint density at radius 2 is 1.66 bits per heavy atom. The minimum atomic E-state index is -0.501. The van der Waals surface area contributed by atoms with Crippen molar-refractivity contribution in [1.29, 1.82) is 0 Å². The maximum atomic E-state index is 12.4. The lowest BCUT2D eigenvalue weighted by atomic mass is 9.83. The maximum absolute atomic E-state index is 12.4. The Kier molecular flexibility index (Phi) is 12.4. The fourth-order valence-corrected chi connectivity index (χ4v) is 4.94. The summed E-state index contributed by atoms with van der Waals surface area (Å²) < 4.78 is 17.3. The number of piperidine rings is 1. The van der Waals surface area contributed by atoms with Gasteiger partial charge >= 0.3 is 12.2 Å². The van der Waals surface area contributed by atoms with Crippen molar-refractivity contribution in [3.05, 3.63) is 90.6 Å². The minimum absolute atomic E-state index is 0.219. The Morgan fingerprint density at radius 1 is 1.02 bits per heavy atom. The highest BCUT2D eigenvalue weighted by Gasteiger charge is 2.41. The molecule has 2 aliphatic rings. The van der Waals surface area contributed by atoms with Crippen molar-refractivity contribution in [2.75, 3.05) is 18.4 Å². The number of aromatic nitrogens is 1. The smallest absolute Gasteiger partial charge is 0.411 e. The Labute approximate surface area is 262 Å². The maximum Gasteiger partial charge on any atom is 0.411 e. The van der Waals surface area contributed by atoms with Gasteiger partial charge in [0.05, 0.1) is 0 Å². The number of hydrogen-bond donors (Lipinski definition) is 1. The fourth-order valence-electron chi connectivity index (χ4n) is 4.94.